The zero-order chi connectivity index (χ0) is 13.8. The van der Waals surface area contributed by atoms with E-state index in [2.05, 4.69) is 41.5 Å². The minimum absolute atomic E-state index is 0.0826. The zero-order valence-corrected chi connectivity index (χ0v) is 11.4. The van der Waals surface area contributed by atoms with Crippen molar-refractivity contribution in [1.29, 1.82) is 0 Å². The molecule has 0 aliphatic carbocycles. The van der Waals surface area contributed by atoms with Gasteiger partial charge in [0.1, 0.15) is 12.1 Å². The highest BCUT2D eigenvalue weighted by Crippen LogP contribution is 2.30. The third-order valence-electron chi connectivity index (χ3n) is 2.22. The Morgan fingerprint density at radius 2 is 2.00 bits per heavy atom. The van der Waals surface area contributed by atoms with E-state index in [1.54, 1.807) is 25.4 Å². The van der Waals surface area contributed by atoms with Gasteiger partial charge in [-0.1, -0.05) is 0 Å². The van der Waals surface area contributed by atoms with Crippen molar-refractivity contribution in [2.24, 2.45) is 0 Å². The monoisotopic (exact) mass is 324 g/mol. The summed E-state index contributed by atoms with van der Waals surface area (Å²) in [5.74, 6) is 0.672. The first-order valence-corrected chi connectivity index (χ1v) is 5.97. The average molecular weight is 325 g/mol. The van der Waals surface area contributed by atoms with Crippen molar-refractivity contribution in [2.45, 2.75) is 0 Å². The van der Waals surface area contributed by atoms with Gasteiger partial charge in [-0.3, -0.25) is 10.1 Å². The predicted molar refractivity (Wildman–Crippen MR) is 73.5 cm³/mol. The Bertz CT molecular complexity index is 603. The predicted octanol–water partition coefficient (Wildman–Crippen LogP) is 2.33. The molecule has 0 amide bonds. The molecule has 0 fully saturated rings. The fourth-order valence-corrected chi connectivity index (χ4v) is 1.63. The summed E-state index contributed by atoms with van der Waals surface area (Å²) in [6.45, 7) is 0. The van der Waals surface area contributed by atoms with Gasteiger partial charge in [0.15, 0.2) is 0 Å². The summed E-state index contributed by atoms with van der Waals surface area (Å²) in [4.78, 5) is 22.3. The number of rotatable bonds is 4. The molecule has 2 aromatic heterocycles. The molecule has 0 bridgehead atoms. The molecule has 0 unspecified atom stereocenters. The lowest BCUT2D eigenvalue weighted by Crippen LogP contribution is -2.05. The number of pyridine rings is 1. The van der Waals surface area contributed by atoms with E-state index in [1.165, 1.54) is 6.33 Å². The van der Waals surface area contributed by atoms with Crippen molar-refractivity contribution in [3.05, 3.63) is 39.2 Å². The molecule has 2 heterocycles. The number of hydrogen-bond acceptors (Lipinski definition) is 7. The van der Waals surface area contributed by atoms with Crippen LogP contribution in [0.15, 0.2) is 29.1 Å². The van der Waals surface area contributed by atoms with E-state index in [0.29, 0.717) is 5.82 Å². The fraction of sp³-hybridized carbons (Fsp3) is 0.100. The maximum Gasteiger partial charge on any atom is 0.353 e. The minimum atomic E-state index is -0.549. The van der Waals surface area contributed by atoms with Crippen molar-refractivity contribution in [3.8, 4) is 0 Å². The number of nitrogens with one attached hydrogen (secondary N) is 2. The highest BCUT2D eigenvalue weighted by atomic mass is 79.9. The van der Waals surface area contributed by atoms with E-state index >= 15 is 0 Å². The van der Waals surface area contributed by atoms with Gasteiger partial charge in [0, 0.05) is 17.7 Å². The van der Waals surface area contributed by atoms with Gasteiger partial charge < -0.3 is 10.6 Å². The third-order valence-corrected chi connectivity index (χ3v) is 2.68. The second-order valence-electron chi connectivity index (χ2n) is 3.41. The number of nitrogens with zero attached hydrogens (tertiary/aromatic N) is 4. The van der Waals surface area contributed by atoms with Crippen LogP contribution in [0.25, 0.3) is 0 Å². The number of aromatic nitrogens is 3. The van der Waals surface area contributed by atoms with Gasteiger partial charge in [0.25, 0.3) is 0 Å². The zero-order valence-electron chi connectivity index (χ0n) is 9.79. The number of halogens is 1. The Kier molecular flexibility index (Phi) is 3.85. The van der Waals surface area contributed by atoms with E-state index in [1.807, 2.05) is 0 Å². The van der Waals surface area contributed by atoms with Crippen molar-refractivity contribution in [1.82, 2.24) is 15.0 Å². The largest absolute Gasteiger partial charge is 0.367 e. The molecule has 2 aromatic rings. The Morgan fingerprint density at radius 3 is 2.58 bits per heavy atom. The summed E-state index contributed by atoms with van der Waals surface area (Å²) in [7, 11) is 1.55. The van der Waals surface area contributed by atoms with Crippen LogP contribution >= 0.6 is 15.9 Å². The summed E-state index contributed by atoms with van der Waals surface area (Å²) < 4.78 is 0.811. The first kappa shape index (κ1) is 13.1. The van der Waals surface area contributed by atoms with E-state index in [4.69, 9.17) is 0 Å². The summed E-state index contributed by atoms with van der Waals surface area (Å²) in [5.41, 5.74) is -0.227. The van der Waals surface area contributed by atoms with Gasteiger partial charge in [-0.25, -0.2) is 15.0 Å². The maximum atomic E-state index is 11.1. The summed E-state index contributed by atoms with van der Waals surface area (Å²) in [5, 5.41) is 16.5. The number of hydrogen-bond donors (Lipinski definition) is 2. The third kappa shape index (κ3) is 2.94. The number of nitro groups is 1. The molecule has 0 aromatic carbocycles. The average Bonchev–Trinajstić information content (AvgIpc) is 2.40. The van der Waals surface area contributed by atoms with Crippen LogP contribution in [0.2, 0.25) is 0 Å². The Labute approximate surface area is 116 Å². The molecular weight excluding hydrogens is 316 g/mol. The van der Waals surface area contributed by atoms with Crippen molar-refractivity contribution < 1.29 is 4.92 Å². The van der Waals surface area contributed by atoms with Gasteiger partial charge in [0.2, 0.25) is 11.6 Å². The van der Waals surface area contributed by atoms with Crippen LogP contribution in [0.1, 0.15) is 0 Å². The van der Waals surface area contributed by atoms with Crippen LogP contribution in [-0.4, -0.2) is 26.9 Å². The van der Waals surface area contributed by atoms with Crippen LogP contribution in [-0.2, 0) is 0 Å². The molecule has 2 rings (SSSR count). The van der Waals surface area contributed by atoms with Crippen LogP contribution in [0.4, 0.5) is 23.1 Å². The summed E-state index contributed by atoms with van der Waals surface area (Å²) >= 11 is 3.26. The number of anilines is 3. The Morgan fingerprint density at radius 1 is 1.26 bits per heavy atom. The van der Waals surface area contributed by atoms with Crippen LogP contribution in [0.5, 0.6) is 0 Å². The molecule has 0 aliphatic heterocycles. The van der Waals surface area contributed by atoms with Gasteiger partial charge in [-0.05, 0) is 28.1 Å². The molecule has 2 N–H and O–H groups in total. The molecule has 98 valence electrons. The van der Waals surface area contributed by atoms with E-state index in [9.17, 15) is 10.1 Å². The lowest BCUT2D eigenvalue weighted by Gasteiger charge is -2.07. The van der Waals surface area contributed by atoms with E-state index < -0.39 is 4.92 Å². The first-order valence-electron chi connectivity index (χ1n) is 5.17. The van der Waals surface area contributed by atoms with E-state index in [-0.39, 0.29) is 17.3 Å². The van der Waals surface area contributed by atoms with Gasteiger partial charge in [-0.2, -0.15) is 0 Å². The molecule has 0 atom stereocenters. The molecular formula is C10H9BrN6O2. The Balaban J connectivity index is 2.39. The lowest BCUT2D eigenvalue weighted by atomic mass is 10.4. The maximum absolute atomic E-state index is 11.1. The quantitative estimate of drug-likeness (QED) is 0.656. The van der Waals surface area contributed by atoms with Crippen LogP contribution in [0.3, 0.4) is 0 Å². The molecule has 19 heavy (non-hydrogen) atoms. The van der Waals surface area contributed by atoms with Crippen LogP contribution < -0.4 is 10.6 Å². The molecule has 0 saturated carbocycles. The minimum Gasteiger partial charge on any atom is -0.367 e. The second kappa shape index (κ2) is 5.57. The van der Waals surface area contributed by atoms with Gasteiger partial charge >= 0.3 is 5.69 Å². The van der Waals surface area contributed by atoms with Crippen LogP contribution in [0, 0.1) is 10.1 Å². The molecule has 0 spiro atoms. The molecule has 0 radical (unpaired) electrons. The van der Waals surface area contributed by atoms with Gasteiger partial charge in [0.05, 0.1) is 4.92 Å². The molecule has 0 aliphatic rings. The molecule has 9 heteroatoms. The fourth-order valence-electron chi connectivity index (χ4n) is 1.40. The van der Waals surface area contributed by atoms with Crippen molar-refractivity contribution in [3.63, 3.8) is 0 Å². The van der Waals surface area contributed by atoms with Gasteiger partial charge in [-0.15, -0.1) is 0 Å². The SMILES string of the molecule is CNc1ncnc(Nc2ccc(Br)cn2)c1[N+](=O)[O-]. The molecule has 0 saturated heterocycles. The highest BCUT2D eigenvalue weighted by Gasteiger charge is 2.22. The van der Waals surface area contributed by atoms with E-state index in [0.717, 1.165) is 4.47 Å². The van der Waals surface area contributed by atoms with Crippen molar-refractivity contribution in [2.75, 3.05) is 17.7 Å². The summed E-state index contributed by atoms with van der Waals surface area (Å²) in [6, 6.07) is 3.44. The standard InChI is InChI=1S/C10H9BrN6O2/c1-12-9-8(17(18)19)10(15-5-14-9)16-7-3-2-6(11)4-13-7/h2-5H,1H3,(H2,12,13,14,15,16). The second-order valence-corrected chi connectivity index (χ2v) is 4.33. The molecule has 8 nitrogen and oxygen atoms in total. The normalized spacial score (nSPS) is 10.0. The smallest absolute Gasteiger partial charge is 0.353 e. The van der Waals surface area contributed by atoms with Crippen molar-refractivity contribution >= 4 is 39.1 Å². The Hall–Kier alpha value is -2.29. The topological polar surface area (TPSA) is 106 Å². The highest BCUT2D eigenvalue weighted by molar-refractivity contribution is 9.10. The summed E-state index contributed by atoms with van der Waals surface area (Å²) in [6.07, 6.45) is 2.81. The first-order chi connectivity index (χ1) is 9.11. The lowest BCUT2D eigenvalue weighted by molar-refractivity contribution is -0.383.